The van der Waals surface area contributed by atoms with E-state index in [2.05, 4.69) is 5.32 Å². The number of amides is 1. The van der Waals surface area contributed by atoms with E-state index in [0.717, 1.165) is 10.4 Å². The van der Waals surface area contributed by atoms with Crippen molar-refractivity contribution in [3.05, 3.63) is 81.9 Å². The first kappa shape index (κ1) is 24.8. The number of carbonyl (C=O) groups excluding carboxylic acids is 1. The van der Waals surface area contributed by atoms with E-state index in [1.165, 1.54) is 74.9 Å². The molecule has 1 amide bonds. The summed E-state index contributed by atoms with van der Waals surface area (Å²) >= 11 is 5.94. The maximum Gasteiger partial charge on any atom is 0.271 e. The molecule has 0 radical (unpaired) electrons. The van der Waals surface area contributed by atoms with Gasteiger partial charge in [0.25, 0.3) is 15.7 Å². The van der Waals surface area contributed by atoms with Crippen molar-refractivity contribution in [3.63, 3.8) is 0 Å². The number of non-ortho nitro benzene ring substituents is 1. The summed E-state index contributed by atoms with van der Waals surface area (Å²) in [5.74, 6) is -0.103. The summed E-state index contributed by atoms with van der Waals surface area (Å²) in [6.07, 6.45) is 0. The van der Waals surface area contributed by atoms with Crippen LogP contribution in [0.2, 0.25) is 5.02 Å². The van der Waals surface area contributed by atoms with E-state index < -0.39 is 27.4 Å². The summed E-state index contributed by atoms with van der Waals surface area (Å²) < 4.78 is 38.0. The highest BCUT2D eigenvalue weighted by molar-refractivity contribution is 7.92. The van der Waals surface area contributed by atoms with Crippen molar-refractivity contribution < 1.29 is 27.6 Å². The largest absolute Gasteiger partial charge is 0.497 e. The number of nitro groups is 1. The maximum absolute atomic E-state index is 13.4. The number of methoxy groups -OCH3 is 2. The zero-order valence-corrected chi connectivity index (χ0v) is 19.7. The Balaban J connectivity index is 1.96. The molecule has 0 aromatic heterocycles. The Morgan fingerprint density at radius 1 is 1.03 bits per heavy atom. The van der Waals surface area contributed by atoms with Crippen molar-refractivity contribution in [2.24, 2.45) is 0 Å². The molecule has 178 valence electrons. The van der Waals surface area contributed by atoms with Crippen molar-refractivity contribution in [1.82, 2.24) is 0 Å². The van der Waals surface area contributed by atoms with Gasteiger partial charge in [0.15, 0.2) is 0 Å². The highest BCUT2D eigenvalue weighted by atomic mass is 35.5. The van der Waals surface area contributed by atoms with E-state index in [-0.39, 0.29) is 27.7 Å². The molecule has 3 rings (SSSR count). The molecule has 10 nitrogen and oxygen atoms in total. The number of sulfonamides is 1. The molecule has 0 bridgehead atoms. The lowest BCUT2D eigenvalue weighted by molar-refractivity contribution is -0.384. The first-order chi connectivity index (χ1) is 16.1. The van der Waals surface area contributed by atoms with Crippen molar-refractivity contribution in [2.45, 2.75) is 4.90 Å². The van der Waals surface area contributed by atoms with Crippen LogP contribution in [-0.2, 0) is 14.8 Å². The minimum Gasteiger partial charge on any atom is -0.497 e. The van der Waals surface area contributed by atoms with Crippen LogP contribution < -0.4 is 19.1 Å². The van der Waals surface area contributed by atoms with Gasteiger partial charge >= 0.3 is 0 Å². The van der Waals surface area contributed by atoms with Gasteiger partial charge in [-0.15, -0.1) is 0 Å². The Morgan fingerprint density at radius 2 is 1.68 bits per heavy atom. The molecule has 0 fully saturated rings. The molecular weight excluding hydrogens is 486 g/mol. The predicted molar refractivity (Wildman–Crippen MR) is 127 cm³/mol. The Kier molecular flexibility index (Phi) is 7.59. The molecule has 12 heteroatoms. The van der Waals surface area contributed by atoms with Gasteiger partial charge in [0.2, 0.25) is 5.91 Å². The molecule has 34 heavy (non-hydrogen) atoms. The summed E-state index contributed by atoms with van der Waals surface area (Å²) in [4.78, 5) is 23.3. The Hall–Kier alpha value is -3.83. The normalized spacial score (nSPS) is 10.9. The third-order valence-electron chi connectivity index (χ3n) is 4.72. The summed E-state index contributed by atoms with van der Waals surface area (Å²) in [7, 11) is -1.39. The van der Waals surface area contributed by atoms with Crippen LogP contribution in [0.3, 0.4) is 0 Å². The molecule has 0 atom stereocenters. The molecule has 3 aromatic rings. The van der Waals surface area contributed by atoms with Gasteiger partial charge in [-0.2, -0.15) is 0 Å². The third-order valence-corrected chi connectivity index (χ3v) is 6.76. The number of anilines is 2. The van der Waals surface area contributed by atoms with E-state index >= 15 is 0 Å². The molecule has 0 aliphatic heterocycles. The van der Waals surface area contributed by atoms with Gasteiger partial charge in [0, 0.05) is 17.2 Å². The molecule has 0 aliphatic rings. The SMILES string of the molecule is COc1ccc(S(=O)(=O)N(CC(=O)Nc2cc([N+](=O)[O-])ccc2OC)c2ccc(Cl)cc2)cc1. The zero-order valence-electron chi connectivity index (χ0n) is 18.1. The second-order valence-corrected chi connectivity index (χ2v) is 9.15. The highest BCUT2D eigenvalue weighted by Gasteiger charge is 2.28. The first-order valence-electron chi connectivity index (χ1n) is 9.70. The van der Waals surface area contributed by atoms with E-state index in [4.69, 9.17) is 21.1 Å². The van der Waals surface area contributed by atoms with Gasteiger partial charge < -0.3 is 14.8 Å². The van der Waals surface area contributed by atoms with Gasteiger partial charge in [-0.3, -0.25) is 19.2 Å². The molecular formula is C22H20ClN3O7S. The number of carbonyl (C=O) groups is 1. The van der Waals surface area contributed by atoms with Crippen LogP contribution in [0.4, 0.5) is 17.1 Å². The minimum absolute atomic E-state index is 0.0274. The summed E-state index contributed by atoms with van der Waals surface area (Å²) in [6.45, 7) is -0.623. The van der Waals surface area contributed by atoms with Crippen molar-refractivity contribution >= 4 is 44.6 Å². The molecule has 0 unspecified atom stereocenters. The Labute approximate surface area is 200 Å². The number of ether oxygens (including phenoxy) is 2. The van der Waals surface area contributed by atoms with E-state index in [1.807, 2.05) is 0 Å². The first-order valence-corrected chi connectivity index (χ1v) is 11.5. The summed E-state index contributed by atoms with van der Waals surface area (Å²) in [5.41, 5.74) is -0.0440. The lowest BCUT2D eigenvalue weighted by Gasteiger charge is -2.24. The van der Waals surface area contributed by atoms with Gasteiger partial charge in [0.1, 0.15) is 18.0 Å². The number of nitro benzene ring substituents is 1. The third kappa shape index (κ3) is 5.56. The number of nitrogens with one attached hydrogen (secondary N) is 1. The lowest BCUT2D eigenvalue weighted by Crippen LogP contribution is -2.38. The molecule has 1 N–H and O–H groups in total. The van der Waals surface area contributed by atoms with Crippen molar-refractivity contribution in [2.75, 3.05) is 30.4 Å². The van der Waals surface area contributed by atoms with Crippen LogP contribution in [0.15, 0.2) is 71.6 Å². The topological polar surface area (TPSA) is 128 Å². The number of hydrogen-bond acceptors (Lipinski definition) is 7. The smallest absolute Gasteiger partial charge is 0.271 e. The number of benzene rings is 3. The highest BCUT2D eigenvalue weighted by Crippen LogP contribution is 2.30. The lowest BCUT2D eigenvalue weighted by atomic mass is 10.2. The monoisotopic (exact) mass is 505 g/mol. The molecule has 0 spiro atoms. The fraction of sp³-hybridized carbons (Fsp3) is 0.136. The summed E-state index contributed by atoms with van der Waals surface area (Å²) in [6, 6.07) is 15.3. The second kappa shape index (κ2) is 10.4. The fourth-order valence-electron chi connectivity index (χ4n) is 3.02. The predicted octanol–water partition coefficient (Wildman–Crippen LogP) is 4.10. The van der Waals surface area contributed by atoms with Crippen LogP contribution in [0.25, 0.3) is 0 Å². The molecule has 0 saturated carbocycles. The average Bonchev–Trinajstić information content (AvgIpc) is 2.83. The van der Waals surface area contributed by atoms with Crippen LogP contribution in [-0.4, -0.2) is 40.0 Å². The van der Waals surface area contributed by atoms with Crippen LogP contribution in [0.1, 0.15) is 0 Å². The Morgan fingerprint density at radius 3 is 2.24 bits per heavy atom. The molecule has 3 aromatic carbocycles. The van der Waals surface area contributed by atoms with E-state index in [9.17, 15) is 23.3 Å². The maximum atomic E-state index is 13.4. The second-order valence-electron chi connectivity index (χ2n) is 6.85. The van der Waals surface area contributed by atoms with Gasteiger partial charge in [-0.05, 0) is 54.6 Å². The average molecular weight is 506 g/mol. The number of nitrogens with zero attached hydrogens (tertiary/aromatic N) is 2. The van der Waals surface area contributed by atoms with Crippen molar-refractivity contribution in [3.8, 4) is 11.5 Å². The number of halogens is 1. The van der Waals surface area contributed by atoms with Gasteiger partial charge in [0.05, 0.1) is 35.4 Å². The molecule has 0 heterocycles. The fourth-order valence-corrected chi connectivity index (χ4v) is 4.57. The molecule has 0 saturated heterocycles. The molecule has 0 aliphatic carbocycles. The van der Waals surface area contributed by atoms with Crippen LogP contribution in [0.5, 0.6) is 11.5 Å². The summed E-state index contributed by atoms with van der Waals surface area (Å²) in [5, 5.41) is 14.0. The quantitative estimate of drug-likeness (QED) is 0.342. The van der Waals surface area contributed by atoms with E-state index in [1.54, 1.807) is 0 Å². The van der Waals surface area contributed by atoms with E-state index in [0.29, 0.717) is 10.8 Å². The number of hydrogen-bond donors (Lipinski definition) is 1. The minimum atomic E-state index is -4.18. The standard InChI is InChI=1S/C22H20ClN3O7S/c1-32-18-8-10-19(11-9-18)34(30,31)25(16-5-3-15(23)4-6-16)14-22(27)24-20-13-17(26(28)29)7-12-21(20)33-2/h3-13H,14H2,1-2H3,(H,24,27). The van der Waals surface area contributed by atoms with Crippen LogP contribution in [0, 0.1) is 10.1 Å². The van der Waals surface area contributed by atoms with Gasteiger partial charge in [-0.1, -0.05) is 11.6 Å². The zero-order chi connectivity index (χ0) is 24.9. The van der Waals surface area contributed by atoms with Crippen molar-refractivity contribution in [1.29, 1.82) is 0 Å². The Bertz CT molecular complexity index is 1300. The number of rotatable bonds is 9. The van der Waals surface area contributed by atoms with Gasteiger partial charge in [-0.25, -0.2) is 8.42 Å². The van der Waals surface area contributed by atoms with Crippen LogP contribution >= 0.6 is 11.6 Å².